The molecule has 2 aromatic carbocycles. The van der Waals surface area contributed by atoms with Crippen LogP contribution in [0.3, 0.4) is 0 Å². The topological polar surface area (TPSA) is 128 Å². The first-order valence-electron chi connectivity index (χ1n) is 10.6. The van der Waals surface area contributed by atoms with Gasteiger partial charge in [0.15, 0.2) is 5.82 Å². The molecule has 11 heteroatoms. The molecule has 1 aliphatic heterocycles. The Hall–Kier alpha value is -4.57. The predicted octanol–water partition coefficient (Wildman–Crippen LogP) is 4.83. The van der Waals surface area contributed by atoms with Gasteiger partial charge in [0.2, 0.25) is 5.95 Å². The number of halogens is 1. The third kappa shape index (κ3) is 4.34. The summed E-state index contributed by atoms with van der Waals surface area (Å²) in [5.41, 5.74) is 2.98. The van der Waals surface area contributed by atoms with E-state index in [0.717, 1.165) is 5.56 Å². The molecule has 0 spiro atoms. The normalized spacial score (nSPS) is 14.7. The summed E-state index contributed by atoms with van der Waals surface area (Å²) in [6, 6.07) is 16.0. The van der Waals surface area contributed by atoms with Gasteiger partial charge < -0.3 is 10.6 Å². The second-order valence-corrected chi connectivity index (χ2v) is 8.26. The van der Waals surface area contributed by atoms with Gasteiger partial charge in [0, 0.05) is 34.6 Å². The molecule has 0 radical (unpaired) electrons. The smallest absolute Gasteiger partial charge is 0.269 e. The second kappa shape index (κ2) is 8.99. The summed E-state index contributed by atoms with van der Waals surface area (Å²) in [7, 11) is 0. The highest BCUT2D eigenvalue weighted by atomic mass is 35.5. The van der Waals surface area contributed by atoms with E-state index in [-0.39, 0.29) is 11.6 Å². The molecule has 0 fully saturated rings. The van der Waals surface area contributed by atoms with Crippen LogP contribution in [0.15, 0.2) is 84.3 Å². The monoisotopic (exact) mass is 487 g/mol. The molecule has 10 nitrogen and oxygen atoms in total. The number of allylic oxidation sites excluding steroid dienone is 1. The fraction of sp³-hybridized carbons (Fsp3) is 0.0833. The van der Waals surface area contributed by atoms with E-state index in [1.54, 1.807) is 60.4 Å². The molecule has 1 atom stereocenters. The van der Waals surface area contributed by atoms with Crippen molar-refractivity contribution < 1.29 is 9.72 Å². The van der Waals surface area contributed by atoms with Crippen LogP contribution in [0, 0.1) is 10.1 Å². The van der Waals surface area contributed by atoms with Crippen LogP contribution in [0.2, 0.25) is 5.02 Å². The fourth-order valence-corrected chi connectivity index (χ4v) is 4.01. The second-order valence-electron chi connectivity index (χ2n) is 7.82. The van der Waals surface area contributed by atoms with Crippen molar-refractivity contribution in [2.24, 2.45) is 0 Å². The quantitative estimate of drug-likeness (QED) is 0.305. The number of benzene rings is 2. The summed E-state index contributed by atoms with van der Waals surface area (Å²) in [5, 5.41) is 22.3. The molecule has 2 N–H and O–H groups in total. The number of rotatable bonds is 5. The molecule has 5 rings (SSSR count). The largest absolute Gasteiger partial charge is 0.328 e. The summed E-state index contributed by atoms with van der Waals surface area (Å²) >= 11 is 6.11. The molecule has 1 amide bonds. The molecule has 35 heavy (non-hydrogen) atoms. The molecule has 0 aliphatic carbocycles. The first kappa shape index (κ1) is 22.2. The summed E-state index contributed by atoms with van der Waals surface area (Å²) in [6.45, 7) is 1.80. The van der Waals surface area contributed by atoms with Crippen molar-refractivity contribution in [1.82, 2.24) is 19.7 Å². The number of nitro groups is 1. The van der Waals surface area contributed by atoms with Crippen LogP contribution in [0.25, 0.3) is 11.4 Å². The van der Waals surface area contributed by atoms with Crippen LogP contribution in [-0.2, 0) is 4.79 Å². The minimum absolute atomic E-state index is 0.0261. The number of nitrogens with one attached hydrogen (secondary N) is 2. The Morgan fingerprint density at radius 3 is 2.54 bits per heavy atom. The third-order valence-electron chi connectivity index (χ3n) is 5.54. The molecule has 174 valence electrons. The lowest BCUT2D eigenvalue weighted by atomic mass is 9.95. The number of hydrogen-bond donors (Lipinski definition) is 2. The van der Waals surface area contributed by atoms with Gasteiger partial charge in [-0.05, 0) is 48.9 Å². The summed E-state index contributed by atoms with van der Waals surface area (Å²) in [4.78, 5) is 32.6. The average molecular weight is 488 g/mol. The average Bonchev–Trinajstić information content (AvgIpc) is 3.28. The lowest BCUT2D eigenvalue weighted by molar-refractivity contribution is -0.384. The van der Waals surface area contributed by atoms with Gasteiger partial charge in [-0.25, -0.2) is 4.68 Å². The van der Waals surface area contributed by atoms with E-state index in [4.69, 9.17) is 11.6 Å². The molecule has 0 saturated heterocycles. The number of pyridine rings is 1. The third-order valence-corrected chi connectivity index (χ3v) is 5.79. The molecule has 0 saturated carbocycles. The van der Waals surface area contributed by atoms with Crippen LogP contribution in [0.4, 0.5) is 17.3 Å². The van der Waals surface area contributed by atoms with Gasteiger partial charge in [-0.15, -0.1) is 5.10 Å². The number of nitrogens with zero attached hydrogens (tertiary/aromatic N) is 5. The van der Waals surface area contributed by atoms with Gasteiger partial charge in [-0.2, -0.15) is 4.98 Å². The van der Waals surface area contributed by atoms with Crippen molar-refractivity contribution in [1.29, 1.82) is 0 Å². The number of aromatic nitrogens is 4. The number of anilines is 2. The standard InChI is InChI=1S/C24H18ClN7O3/c1-14-20(23(33)28-18-3-2-12-26-13-18)21(15-4-8-17(25)9-5-15)31-24(27-14)29-22(30-31)16-6-10-19(11-7-16)32(34)35/h2-13,21H,1H3,(H,28,33)(H,27,29,30). The maximum Gasteiger partial charge on any atom is 0.269 e. The molecule has 1 unspecified atom stereocenters. The highest BCUT2D eigenvalue weighted by molar-refractivity contribution is 6.30. The van der Waals surface area contributed by atoms with E-state index in [2.05, 4.69) is 25.7 Å². The van der Waals surface area contributed by atoms with Crippen LogP contribution in [0.5, 0.6) is 0 Å². The van der Waals surface area contributed by atoms with Crippen LogP contribution < -0.4 is 10.6 Å². The lowest BCUT2D eigenvalue weighted by Gasteiger charge is -2.28. The first-order valence-corrected chi connectivity index (χ1v) is 10.9. The summed E-state index contributed by atoms with van der Waals surface area (Å²) < 4.78 is 1.63. The number of amides is 1. The van der Waals surface area contributed by atoms with E-state index in [1.807, 2.05) is 12.1 Å². The number of nitro benzene ring substituents is 1. The minimum Gasteiger partial charge on any atom is -0.328 e. The molecular weight excluding hydrogens is 470 g/mol. The van der Waals surface area contributed by atoms with Crippen molar-refractivity contribution >= 4 is 34.8 Å². The van der Waals surface area contributed by atoms with Gasteiger partial charge in [0.05, 0.1) is 22.4 Å². The Morgan fingerprint density at radius 1 is 1.14 bits per heavy atom. The van der Waals surface area contributed by atoms with Gasteiger partial charge in [0.1, 0.15) is 6.04 Å². The van der Waals surface area contributed by atoms with Crippen molar-refractivity contribution in [3.63, 3.8) is 0 Å². The van der Waals surface area contributed by atoms with Crippen LogP contribution in [0.1, 0.15) is 18.5 Å². The highest BCUT2D eigenvalue weighted by Crippen LogP contribution is 2.37. The van der Waals surface area contributed by atoms with Gasteiger partial charge in [-0.1, -0.05) is 23.7 Å². The lowest BCUT2D eigenvalue weighted by Crippen LogP contribution is -2.31. The van der Waals surface area contributed by atoms with Crippen LogP contribution >= 0.6 is 11.6 Å². The Kier molecular flexibility index (Phi) is 5.71. The number of hydrogen-bond acceptors (Lipinski definition) is 7. The fourth-order valence-electron chi connectivity index (χ4n) is 3.89. The minimum atomic E-state index is -0.598. The molecule has 0 bridgehead atoms. The van der Waals surface area contributed by atoms with Gasteiger partial charge >= 0.3 is 0 Å². The maximum absolute atomic E-state index is 13.4. The van der Waals surface area contributed by atoms with E-state index in [9.17, 15) is 14.9 Å². The molecule has 1 aliphatic rings. The molecule has 4 aromatic rings. The maximum atomic E-state index is 13.4. The summed E-state index contributed by atoms with van der Waals surface area (Å²) in [5.74, 6) is 0.484. The van der Waals surface area contributed by atoms with E-state index in [0.29, 0.717) is 39.3 Å². The Morgan fingerprint density at radius 2 is 1.89 bits per heavy atom. The molecule has 3 heterocycles. The van der Waals surface area contributed by atoms with Gasteiger partial charge in [-0.3, -0.25) is 19.9 Å². The zero-order chi connectivity index (χ0) is 24.5. The van der Waals surface area contributed by atoms with E-state index >= 15 is 0 Å². The van der Waals surface area contributed by atoms with E-state index in [1.165, 1.54) is 12.1 Å². The number of carbonyl (C=O) groups is 1. The Balaban J connectivity index is 1.58. The highest BCUT2D eigenvalue weighted by Gasteiger charge is 2.34. The Labute approximate surface area is 204 Å². The van der Waals surface area contributed by atoms with Crippen molar-refractivity contribution in [3.8, 4) is 11.4 Å². The van der Waals surface area contributed by atoms with Crippen molar-refractivity contribution in [3.05, 3.63) is 105 Å². The zero-order valence-electron chi connectivity index (χ0n) is 18.3. The summed E-state index contributed by atoms with van der Waals surface area (Å²) in [6.07, 6.45) is 3.19. The van der Waals surface area contributed by atoms with Crippen LogP contribution in [-0.4, -0.2) is 30.6 Å². The SMILES string of the molecule is CC1=C(C(=O)Nc2cccnc2)C(c2ccc(Cl)cc2)n2nc(-c3ccc([N+](=O)[O-])cc3)nc2N1. The van der Waals surface area contributed by atoms with Crippen molar-refractivity contribution in [2.75, 3.05) is 10.6 Å². The molecule has 2 aromatic heterocycles. The first-order chi connectivity index (χ1) is 16.9. The molecular formula is C24H18ClN7O3. The number of non-ortho nitro benzene ring substituents is 1. The van der Waals surface area contributed by atoms with E-state index < -0.39 is 11.0 Å². The zero-order valence-corrected chi connectivity index (χ0v) is 19.1. The number of fused-ring (bicyclic) bond motifs is 1. The predicted molar refractivity (Wildman–Crippen MR) is 131 cm³/mol. The number of carbonyl (C=O) groups excluding carboxylic acids is 1. The van der Waals surface area contributed by atoms with Crippen molar-refractivity contribution in [2.45, 2.75) is 13.0 Å². The Bertz CT molecular complexity index is 1450. The van der Waals surface area contributed by atoms with Gasteiger partial charge in [0.25, 0.3) is 11.6 Å².